The summed E-state index contributed by atoms with van der Waals surface area (Å²) >= 11 is 0. The van der Waals surface area contributed by atoms with Crippen molar-refractivity contribution < 1.29 is 25.6 Å². The third kappa shape index (κ3) is 8.96. The minimum absolute atomic E-state index is 0.0560. The zero-order valence-electron chi connectivity index (χ0n) is 17.4. The highest BCUT2D eigenvalue weighted by Crippen LogP contribution is 2.24. The number of rotatable bonds is 12. The number of hydrogen-bond donors (Lipinski definition) is 1. The predicted octanol–water partition coefficient (Wildman–Crippen LogP) is 3.33. The fourth-order valence-corrected chi connectivity index (χ4v) is 4.16. The number of hydrogen-bond acceptors (Lipinski definition) is 10. The largest absolute Gasteiger partial charge is 0.397 e. The average Bonchev–Trinajstić information content (AvgIpc) is 2.77. The highest BCUT2D eigenvalue weighted by atomic mass is 32.3. The van der Waals surface area contributed by atoms with Crippen molar-refractivity contribution in [3.63, 3.8) is 0 Å². The Morgan fingerprint density at radius 3 is 1.79 bits per heavy atom. The zero-order chi connectivity index (χ0) is 24.3. The van der Waals surface area contributed by atoms with Gasteiger partial charge < -0.3 is 4.90 Å². The molecule has 2 aromatic carbocycles. The van der Waals surface area contributed by atoms with Gasteiger partial charge in [-0.15, -0.1) is 0 Å². The number of benzene rings is 2. The zero-order valence-corrected chi connectivity index (χ0v) is 19.0. The van der Waals surface area contributed by atoms with E-state index in [2.05, 4.69) is 26.6 Å². The van der Waals surface area contributed by atoms with Gasteiger partial charge in [-0.05, 0) is 48.5 Å². The predicted molar refractivity (Wildman–Crippen MR) is 119 cm³/mol. The molecule has 0 saturated carbocycles. The van der Waals surface area contributed by atoms with E-state index in [-0.39, 0.29) is 4.90 Å². The molecule has 13 heteroatoms. The van der Waals surface area contributed by atoms with Crippen LogP contribution >= 0.6 is 0 Å². The van der Waals surface area contributed by atoms with Crippen LogP contribution in [0.4, 0.5) is 17.1 Å². The lowest BCUT2D eigenvalue weighted by Crippen LogP contribution is -2.25. The van der Waals surface area contributed by atoms with Crippen LogP contribution in [0.1, 0.15) is 12.8 Å². The summed E-state index contributed by atoms with van der Waals surface area (Å²) in [7, 11) is -8.52. The Labute approximate surface area is 192 Å². The first kappa shape index (κ1) is 25.9. The second-order valence-corrected chi connectivity index (χ2v) is 9.78. The summed E-state index contributed by atoms with van der Waals surface area (Å²) in [4.78, 5) is 1.88. The first-order valence-electron chi connectivity index (χ1n) is 9.60. The third-order valence-corrected chi connectivity index (χ3v) is 6.42. The van der Waals surface area contributed by atoms with Gasteiger partial charge in [0.2, 0.25) is 0 Å². The van der Waals surface area contributed by atoms with Crippen LogP contribution in [0.3, 0.4) is 0 Å². The number of nitriles is 2. The Morgan fingerprint density at radius 1 is 0.848 bits per heavy atom. The topological polar surface area (TPSA) is 173 Å². The lowest BCUT2D eigenvalue weighted by molar-refractivity contribution is 0.284. The van der Waals surface area contributed by atoms with Crippen molar-refractivity contribution in [2.45, 2.75) is 17.7 Å². The molecule has 0 aromatic heterocycles. The van der Waals surface area contributed by atoms with Crippen LogP contribution in [0.15, 0.2) is 63.7 Å². The molecular formula is C20H21N5O6S2. The first-order valence-corrected chi connectivity index (χ1v) is 12.6. The van der Waals surface area contributed by atoms with E-state index in [4.69, 9.17) is 15.1 Å². The van der Waals surface area contributed by atoms with Crippen LogP contribution in [0.2, 0.25) is 0 Å². The van der Waals surface area contributed by atoms with Crippen LogP contribution in [-0.4, -0.2) is 46.8 Å². The van der Waals surface area contributed by atoms with Gasteiger partial charge in [-0.3, -0.25) is 4.55 Å². The Hall–Kier alpha value is -3.36. The van der Waals surface area contributed by atoms with E-state index in [9.17, 15) is 16.8 Å². The molecule has 0 aliphatic heterocycles. The van der Waals surface area contributed by atoms with Gasteiger partial charge in [0.1, 0.15) is 0 Å². The van der Waals surface area contributed by atoms with Gasteiger partial charge in [-0.2, -0.15) is 29.2 Å². The molecule has 0 aliphatic carbocycles. The van der Waals surface area contributed by atoms with Crippen molar-refractivity contribution in [1.29, 1.82) is 10.5 Å². The molecule has 0 radical (unpaired) electrons. The van der Waals surface area contributed by atoms with Crippen molar-refractivity contribution in [3.8, 4) is 12.1 Å². The standard InChI is InChI=1S/C20H21N5O6S2/c21-11-1-13-25(14-2-12-22)19-7-3-17(4-8-19)23-24-18-5-9-20(10-6-18)32(26,27)16-15-31-33(28,29)30/h3-10H,1-2,13-16H2,(H,28,29,30). The van der Waals surface area contributed by atoms with E-state index < -0.39 is 32.6 Å². The fraction of sp³-hybridized carbons (Fsp3) is 0.300. The Kier molecular flexibility index (Phi) is 9.44. The van der Waals surface area contributed by atoms with Crippen molar-refractivity contribution in [3.05, 3.63) is 48.5 Å². The summed E-state index contributed by atoms with van der Waals surface area (Å²) in [5.74, 6) is -0.625. The maximum absolute atomic E-state index is 12.2. The van der Waals surface area contributed by atoms with E-state index in [0.29, 0.717) is 37.3 Å². The minimum atomic E-state index is -4.71. The van der Waals surface area contributed by atoms with Gasteiger partial charge >= 0.3 is 10.4 Å². The van der Waals surface area contributed by atoms with Crippen molar-refractivity contribution in [2.24, 2.45) is 10.2 Å². The number of azo groups is 1. The van der Waals surface area contributed by atoms with Crippen molar-refractivity contribution >= 4 is 37.3 Å². The van der Waals surface area contributed by atoms with Crippen molar-refractivity contribution in [1.82, 2.24) is 0 Å². The molecule has 11 nitrogen and oxygen atoms in total. The summed E-state index contributed by atoms with van der Waals surface area (Å²) in [6.45, 7) is 0.315. The molecule has 0 spiro atoms. The van der Waals surface area contributed by atoms with Gasteiger partial charge in [0, 0.05) is 18.8 Å². The maximum atomic E-state index is 12.2. The van der Waals surface area contributed by atoms with E-state index >= 15 is 0 Å². The molecule has 0 fully saturated rings. The summed E-state index contributed by atoms with van der Waals surface area (Å²) in [6.07, 6.45) is 0.679. The molecule has 0 saturated heterocycles. The van der Waals surface area contributed by atoms with Crippen LogP contribution in [0, 0.1) is 22.7 Å². The Morgan fingerprint density at radius 2 is 1.33 bits per heavy atom. The normalized spacial score (nSPS) is 11.7. The third-order valence-electron chi connectivity index (χ3n) is 4.26. The van der Waals surface area contributed by atoms with Crippen molar-refractivity contribution in [2.75, 3.05) is 30.3 Å². The smallest absolute Gasteiger partial charge is 0.369 e. The van der Waals surface area contributed by atoms with E-state index in [1.165, 1.54) is 24.3 Å². The molecule has 0 atom stereocenters. The number of nitrogens with zero attached hydrogens (tertiary/aromatic N) is 5. The number of anilines is 1. The molecule has 0 unspecified atom stereocenters. The average molecular weight is 492 g/mol. The molecule has 2 aromatic rings. The van der Waals surface area contributed by atoms with Gasteiger partial charge in [-0.1, -0.05) is 0 Å². The molecule has 2 rings (SSSR count). The van der Waals surface area contributed by atoms with Crippen LogP contribution in [-0.2, 0) is 24.4 Å². The maximum Gasteiger partial charge on any atom is 0.397 e. The highest BCUT2D eigenvalue weighted by molar-refractivity contribution is 7.91. The molecule has 1 N–H and O–H groups in total. The van der Waals surface area contributed by atoms with Gasteiger partial charge in [0.05, 0.1) is 53.6 Å². The second kappa shape index (κ2) is 12.0. The SMILES string of the molecule is N#CCCN(CCC#N)c1ccc(N=Nc2ccc(S(=O)(=O)CCOS(=O)(=O)O)cc2)cc1. The lowest BCUT2D eigenvalue weighted by Gasteiger charge is -2.22. The monoisotopic (exact) mass is 491 g/mol. The molecular weight excluding hydrogens is 470 g/mol. The molecule has 33 heavy (non-hydrogen) atoms. The second-order valence-electron chi connectivity index (χ2n) is 6.58. The molecule has 0 bridgehead atoms. The van der Waals surface area contributed by atoms with E-state index in [1.807, 2.05) is 17.0 Å². The highest BCUT2D eigenvalue weighted by Gasteiger charge is 2.16. The number of sulfone groups is 1. The summed E-state index contributed by atoms with van der Waals surface area (Å²) in [5.41, 5.74) is 1.81. The van der Waals surface area contributed by atoms with E-state index in [1.54, 1.807) is 12.1 Å². The fourth-order valence-electron chi connectivity index (χ4n) is 2.67. The first-order chi connectivity index (χ1) is 15.6. The van der Waals surface area contributed by atoms with Gasteiger partial charge in [-0.25, -0.2) is 12.6 Å². The van der Waals surface area contributed by atoms with Crippen LogP contribution in [0.5, 0.6) is 0 Å². The van der Waals surface area contributed by atoms with Crippen LogP contribution in [0.25, 0.3) is 0 Å². The molecule has 0 aliphatic rings. The van der Waals surface area contributed by atoms with E-state index in [0.717, 1.165) is 5.69 Å². The lowest BCUT2D eigenvalue weighted by atomic mass is 10.2. The molecule has 0 heterocycles. The molecule has 0 amide bonds. The minimum Gasteiger partial charge on any atom is -0.369 e. The Balaban J connectivity index is 2.03. The van der Waals surface area contributed by atoms with Gasteiger partial charge in [0.15, 0.2) is 9.84 Å². The van der Waals surface area contributed by atoms with Gasteiger partial charge in [0.25, 0.3) is 0 Å². The molecule has 174 valence electrons. The Bertz CT molecular complexity index is 1230. The summed E-state index contributed by atoms with van der Waals surface area (Å²) in [5, 5.41) is 25.8. The quantitative estimate of drug-likeness (QED) is 0.345. The summed E-state index contributed by atoms with van der Waals surface area (Å²) < 4.78 is 57.9. The summed E-state index contributed by atoms with van der Waals surface area (Å²) in [6, 6.07) is 16.8. The van der Waals surface area contributed by atoms with Crippen LogP contribution < -0.4 is 4.90 Å².